The molecule has 5 heteroatoms. The van der Waals surface area contributed by atoms with Crippen LogP contribution in [0.15, 0.2) is 12.3 Å². The predicted molar refractivity (Wildman–Crippen MR) is 68.3 cm³/mol. The lowest BCUT2D eigenvalue weighted by atomic mass is 9.95. The number of rotatable bonds is 4. The normalized spacial score (nSPS) is 20.1. The van der Waals surface area contributed by atoms with Crippen molar-refractivity contribution in [3.63, 3.8) is 0 Å². The van der Waals surface area contributed by atoms with Crippen LogP contribution in [0.1, 0.15) is 31.4 Å². The highest BCUT2D eigenvalue weighted by molar-refractivity contribution is 5.77. The molecule has 0 unspecified atom stereocenters. The summed E-state index contributed by atoms with van der Waals surface area (Å²) in [6, 6.07) is 2.04. The molecule has 1 atom stereocenters. The fourth-order valence-electron chi connectivity index (χ4n) is 2.38. The van der Waals surface area contributed by atoms with Gasteiger partial charge in [-0.3, -0.25) is 9.48 Å². The first-order valence-electron chi connectivity index (χ1n) is 6.55. The minimum atomic E-state index is 0.0949. The molecule has 0 aliphatic carbocycles. The van der Waals surface area contributed by atoms with Crippen molar-refractivity contribution in [3.05, 3.63) is 18.0 Å². The lowest BCUT2D eigenvalue weighted by Crippen LogP contribution is -2.41. The Morgan fingerprint density at radius 3 is 3.11 bits per heavy atom. The van der Waals surface area contributed by atoms with Gasteiger partial charge in [-0.25, -0.2) is 0 Å². The van der Waals surface area contributed by atoms with E-state index in [4.69, 9.17) is 4.74 Å². The summed E-state index contributed by atoms with van der Waals surface area (Å²) < 4.78 is 7.00. The highest BCUT2D eigenvalue weighted by atomic mass is 16.5. The summed E-state index contributed by atoms with van der Waals surface area (Å²) in [4.78, 5) is 13.8. The largest absolute Gasteiger partial charge is 0.372 e. The second-order valence-corrected chi connectivity index (χ2v) is 4.73. The third kappa shape index (κ3) is 3.10. The maximum Gasteiger partial charge on any atom is 0.248 e. The van der Waals surface area contributed by atoms with E-state index >= 15 is 0 Å². The number of hydrogen-bond acceptors (Lipinski definition) is 3. The average molecular weight is 251 g/mol. The number of hydrogen-bond donors (Lipinski definition) is 0. The topological polar surface area (TPSA) is 47.4 Å². The second kappa shape index (κ2) is 6.00. The van der Waals surface area contributed by atoms with Crippen LogP contribution in [-0.2, 0) is 16.6 Å². The molecule has 1 fully saturated rings. The molecule has 100 valence electrons. The molecule has 1 saturated heterocycles. The van der Waals surface area contributed by atoms with Crippen molar-refractivity contribution in [3.8, 4) is 0 Å². The van der Waals surface area contributed by atoms with Crippen molar-refractivity contribution in [2.45, 2.75) is 25.7 Å². The van der Waals surface area contributed by atoms with Crippen molar-refractivity contribution < 1.29 is 9.53 Å². The zero-order chi connectivity index (χ0) is 13.0. The molecule has 1 amide bonds. The molecule has 0 saturated carbocycles. The smallest absolute Gasteiger partial charge is 0.248 e. The Morgan fingerprint density at radius 1 is 1.61 bits per heavy atom. The molecule has 1 aliphatic rings. The lowest BCUT2D eigenvalue weighted by molar-refractivity contribution is -0.137. The van der Waals surface area contributed by atoms with Gasteiger partial charge in [0.05, 0.1) is 5.69 Å². The maximum absolute atomic E-state index is 11.9. The number of carbonyl (C=O) groups is 1. The van der Waals surface area contributed by atoms with Gasteiger partial charge in [-0.1, -0.05) is 0 Å². The summed E-state index contributed by atoms with van der Waals surface area (Å²) in [5, 5.41) is 4.44. The maximum atomic E-state index is 11.9. The summed E-state index contributed by atoms with van der Waals surface area (Å²) in [6.07, 6.45) is 4.10. The molecule has 1 aliphatic heterocycles. The molecule has 1 aromatic rings. The number of carbonyl (C=O) groups excluding carboxylic acids is 1. The van der Waals surface area contributed by atoms with Gasteiger partial charge in [0.25, 0.3) is 0 Å². The van der Waals surface area contributed by atoms with E-state index in [9.17, 15) is 4.79 Å². The summed E-state index contributed by atoms with van der Waals surface area (Å²) in [6.45, 7) is 4.30. The summed E-state index contributed by atoms with van der Waals surface area (Å²) in [7, 11) is 1.92. The standard InChI is InChI=1S/C13H21N3O2/c1-3-18-10-13(17)16-7-4-5-11(9-16)12-6-8-15(2)14-12/h6,8,11H,3-5,7,9-10H2,1-2H3/t11-/m0/s1. The van der Waals surface area contributed by atoms with E-state index in [2.05, 4.69) is 5.10 Å². The van der Waals surface area contributed by atoms with Crippen LogP contribution >= 0.6 is 0 Å². The van der Waals surface area contributed by atoms with Gasteiger partial charge >= 0.3 is 0 Å². The molecule has 18 heavy (non-hydrogen) atoms. The zero-order valence-corrected chi connectivity index (χ0v) is 11.1. The molecule has 1 aromatic heterocycles. The van der Waals surface area contributed by atoms with Crippen LogP contribution in [0.4, 0.5) is 0 Å². The van der Waals surface area contributed by atoms with Crippen LogP contribution < -0.4 is 0 Å². The Bertz CT molecular complexity index is 403. The minimum absolute atomic E-state index is 0.0949. The fourth-order valence-corrected chi connectivity index (χ4v) is 2.38. The summed E-state index contributed by atoms with van der Waals surface area (Å²) in [5.41, 5.74) is 1.09. The van der Waals surface area contributed by atoms with Gasteiger partial charge in [0, 0.05) is 38.9 Å². The molecule has 2 rings (SSSR count). The Labute approximate surface area is 108 Å². The first-order valence-corrected chi connectivity index (χ1v) is 6.55. The molecular formula is C13H21N3O2. The van der Waals surface area contributed by atoms with Crippen molar-refractivity contribution >= 4 is 5.91 Å². The van der Waals surface area contributed by atoms with Crippen LogP contribution in [0.2, 0.25) is 0 Å². The Hall–Kier alpha value is -1.36. The van der Waals surface area contributed by atoms with E-state index in [0.29, 0.717) is 12.5 Å². The second-order valence-electron chi connectivity index (χ2n) is 4.73. The van der Waals surface area contributed by atoms with Crippen LogP contribution in [0.5, 0.6) is 0 Å². The van der Waals surface area contributed by atoms with Crippen LogP contribution in [-0.4, -0.2) is 46.9 Å². The van der Waals surface area contributed by atoms with Gasteiger partial charge in [-0.2, -0.15) is 5.10 Å². The number of nitrogens with zero attached hydrogens (tertiary/aromatic N) is 3. The molecule has 2 heterocycles. The van der Waals surface area contributed by atoms with E-state index in [0.717, 1.165) is 31.6 Å². The first kappa shape index (κ1) is 13.1. The van der Waals surface area contributed by atoms with Crippen molar-refractivity contribution in [1.29, 1.82) is 0 Å². The predicted octanol–water partition coefficient (Wildman–Crippen LogP) is 1.16. The Kier molecular flexibility index (Phi) is 4.36. The summed E-state index contributed by atoms with van der Waals surface area (Å²) >= 11 is 0. The first-order chi connectivity index (χ1) is 8.70. The van der Waals surface area contributed by atoms with Crippen molar-refractivity contribution in [2.24, 2.45) is 7.05 Å². The number of likely N-dealkylation sites (tertiary alicyclic amines) is 1. The number of ether oxygens (including phenoxy) is 1. The van der Waals surface area contributed by atoms with Crippen molar-refractivity contribution in [1.82, 2.24) is 14.7 Å². The van der Waals surface area contributed by atoms with Crippen LogP contribution in [0.3, 0.4) is 0 Å². The van der Waals surface area contributed by atoms with E-state index in [1.54, 1.807) is 0 Å². The molecule has 0 aromatic carbocycles. The Morgan fingerprint density at radius 2 is 2.44 bits per heavy atom. The number of piperidine rings is 1. The number of aryl methyl sites for hydroxylation is 1. The van der Waals surface area contributed by atoms with E-state index in [1.165, 1.54) is 0 Å². The van der Waals surface area contributed by atoms with Gasteiger partial charge in [0.1, 0.15) is 6.61 Å². The van der Waals surface area contributed by atoms with Gasteiger partial charge in [-0.15, -0.1) is 0 Å². The lowest BCUT2D eigenvalue weighted by Gasteiger charge is -2.31. The number of aromatic nitrogens is 2. The van der Waals surface area contributed by atoms with Gasteiger partial charge in [0.15, 0.2) is 0 Å². The third-order valence-corrected chi connectivity index (χ3v) is 3.36. The number of amides is 1. The molecule has 0 N–H and O–H groups in total. The van der Waals surface area contributed by atoms with Gasteiger partial charge in [0.2, 0.25) is 5.91 Å². The quantitative estimate of drug-likeness (QED) is 0.807. The zero-order valence-electron chi connectivity index (χ0n) is 11.1. The highest BCUT2D eigenvalue weighted by Gasteiger charge is 2.25. The Balaban J connectivity index is 1.94. The van der Waals surface area contributed by atoms with Crippen molar-refractivity contribution in [2.75, 3.05) is 26.3 Å². The fraction of sp³-hybridized carbons (Fsp3) is 0.692. The molecule has 0 spiro atoms. The highest BCUT2D eigenvalue weighted by Crippen LogP contribution is 2.25. The monoisotopic (exact) mass is 251 g/mol. The van der Waals surface area contributed by atoms with Gasteiger partial charge in [-0.05, 0) is 25.8 Å². The van der Waals surface area contributed by atoms with Crippen LogP contribution in [0.25, 0.3) is 0 Å². The molecule has 5 nitrogen and oxygen atoms in total. The summed E-state index contributed by atoms with van der Waals surface area (Å²) in [5.74, 6) is 0.461. The molecular weight excluding hydrogens is 230 g/mol. The van der Waals surface area contributed by atoms with E-state index in [-0.39, 0.29) is 12.5 Å². The van der Waals surface area contributed by atoms with E-state index in [1.807, 2.05) is 35.8 Å². The third-order valence-electron chi connectivity index (χ3n) is 3.36. The molecule has 0 bridgehead atoms. The minimum Gasteiger partial charge on any atom is -0.372 e. The van der Waals surface area contributed by atoms with Gasteiger partial charge < -0.3 is 9.64 Å². The van der Waals surface area contributed by atoms with Crippen LogP contribution in [0, 0.1) is 0 Å². The molecule has 0 radical (unpaired) electrons. The van der Waals surface area contributed by atoms with E-state index < -0.39 is 0 Å². The SMILES string of the molecule is CCOCC(=O)N1CCC[C@H](c2ccn(C)n2)C1. The average Bonchev–Trinajstić information content (AvgIpc) is 2.83.